The number of fused-ring (bicyclic) bond motifs is 3. The van der Waals surface area contributed by atoms with E-state index in [2.05, 4.69) is 232 Å². The molecule has 57 heavy (non-hydrogen) atoms. The van der Waals surface area contributed by atoms with Gasteiger partial charge in [-0.1, -0.05) is 194 Å². The molecule has 9 rings (SSSR count). The monoisotopic (exact) mass is 768 g/mol. The van der Waals surface area contributed by atoms with E-state index in [1.54, 1.807) is 0 Å². The lowest BCUT2D eigenvalue weighted by Gasteiger charge is -2.21. The van der Waals surface area contributed by atoms with Gasteiger partial charge in [0.15, 0.2) is 0 Å². The summed E-state index contributed by atoms with van der Waals surface area (Å²) in [6.45, 7) is 4.35. The highest BCUT2D eigenvalue weighted by Crippen LogP contribution is 2.37. The van der Waals surface area contributed by atoms with Crippen molar-refractivity contribution in [1.82, 2.24) is 0 Å². The SMILES string of the molecule is Cc1cc2oc3cc(C)c(/C=C/c4ccccc4P(c4ccccc4)c4ccccc4)cc3c2cc1/C=C/c1ccccc1P(c1ccccc1)c1ccccc1. The first-order chi connectivity index (χ1) is 28.1. The van der Waals surface area contributed by atoms with Gasteiger partial charge in [0, 0.05) is 10.8 Å². The number of aryl methyl sites for hydroxylation is 2. The van der Waals surface area contributed by atoms with Crippen molar-refractivity contribution in [1.29, 1.82) is 0 Å². The van der Waals surface area contributed by atoms with Gasteiger partial charge in [0.25, 0.3) is 0 Å². The van der Waals surface area contributed by atoms with Crippen LogP contribution in [0.4, 0.5) is 0 Å². The minimum absolute atomic E-state index is 0.728. The number of benzene rings is 8. The van der Waals surface area contributed by atoms with Crippen molar-refractivity contribution >= 4 is 93.9 Å². The highest BCUT2D eigenvalue weighted by molar-refractivity contribution is 7.80. The number of hydrogen-bond acceptors (Lipinski definition) is 1. The van der Waals surface area contributed by atoms with E-state index in [0.29, 0.717) is 0 Å². The summed E-state index contributed by atoms with van der Waals surface area (Å²) in [5, 5.41) is 10.3. The Labute approximate surface area is 338 Å². The number of rotatable bonds is 10. The molecule has 0 unspecified atom stereocenters. The average Bonchev–Trinajstić information content (AvgIpc) is 3.59. The van der Waals surface area contributed by atoms with Crippen molar-refractivity contribution < 1.29 is 4.42 Å². The van der Waals surface area contributed by atoms with Gasteiger partial charge < -0.3 is 4.42 Å². The van der Waals surface area contributed by atoms with Gasteiger partial charge in [0.05, 0.1) is 0 Å². The van der Waals surface area contributed by atoms with Gasteiger partial charge in [-0.3, -0.25) is 0 Å². The van der Waals surface area contributed by atoms with Gasteiger partial charge in [-0.05, 0) is 119 Å². The lowest BCUT2D eigenvalue weighted by molar-refractivity contribution is 0.668. The van der Waals surface area contributed by atoms with Crippen molar-refractivity contribution in [3.63, 3.8) is 0 Å². The van der Waals surface area contributed by atoms with Crippen LogP contribution < -0.4 is 31.8 Å². The van der Waals surface area contributed by atoms with Crippen molar-refractivity contribution in [2.45, 2.75) is 13.8 Å². The molecule has 0 radical (unpaired) electrons. The van der Waals surface area contributed by atoms with Gasteiger partial charge in [-0.15, -0.1) is 0 Å². The molecule has 3 heteroatoms. The molecule has 1 aromatic heterocycles. The third kappa shape index (κ3) is 7.70. The van der Waals surface area contributed by atoms with E-state index >= 15 is 0 Å². The molecule has 274 valence electrons. The van der Waals surface area contributed by atoms with Crippen LogP contribution in [-0.4, -0.2) is 0 Å². The summed E-state index contributed by atoms with van der Waals surface area (Å²) in [5.41, 5.74) is 9.05. The summed E-state index contributed by atoms with van der Waals surface area (Å²) in [6, 6.07) is 70.4. The Hall–Kier alpha value is -6.10. The van der Waals surface area contributed by atoms with Gasteiger partial charge in [0.2, 0.25) is 0 Å². The van der Waals surface area contributed by atoms with Crippen LogP contribution >= 0.6 is 15.8 Å². The van der Waals surface area contributed by atoms with Crippen molar-refractivity contribution in [2.24, 2.45) is 0 Å². The molecule has 0 aliphatic rings. The Balaban J connectivity index is 1.08. The zero-order valence-electron chi connectivity index (χ0n) is 32.1. The highest BCUT2D eigenvalue weighted by Gasteiger charge is 2.20. The molecule has 0 fully saturated rings. The molecule has 0 bridgehead atoms. The van der Waals surface area contributed by atoms with Gasteiger partial charge >= 0.3 is 0 Å². The third-order valence-electron chi connectivity index (χ3n) is 10.5. The van der Waals surface area contributed by atoms with Gasteiger partial charge in [-0.25, -0.2) is 0 Å². The molecule has 8 aromatic carbocycles. The highest BCUT2D eigenvalue weighted by atomic mass is 31.1. The lowest BCUT2D eigenvalue weighted by atomic mass is 10.00. The maximum Gasteiger partial charge on any atom is 0.135 e. The molecule has 0 saturated carbocycles. The molecular formula is C54H42OP2. The first-order valence-electron chi connectivity index (χ1n) is 19.4. The zero-order chi connectivity index (χ0) is 38.6. The Morgan fingerprint density at radius 1 is 0.333 bits per heavy atom. The third-order valence-corrected chi connectivity index (χ3v) is 15.6. The van der Waals surface area contributed by atoms with Crippen molar-refractivity contribution in [2.75, 3.05) is 0 Å². The van der Waals surface area contributed by atoms with E-state index in [9.17, 15) is 0 Å². The van der Waals surface area contributed by atoms with Crippen LogP contribution in [-0.2, 0) is 0 Å². The van der Waals surface area contributed by atoms with Gasteiger partial charge in [-0.2, -0.15) is 0 Å². The second-order valence-electron chi connectivity index (χ2n) is 14.3. The average molecular weight is 769 g/mol. The summed E-state index contributed by atoms with van der Waals surface area (Å²) in [6.07, 6.45) is 9.14. The fraction of sp³-hybridized carbons (Fsp3) is 0.0370. The number of furan rings is 1. The van der Waals surface area contributed by atoms with E-state index in [0.717, 1.165) is 21.9 Å². The van der Waals surface area contributed by atoms with E-state index in [4.69, 9.17) is 4.42 Å². The number of hydrogen-bond donors (Lipinski definition) is 0. The topological polar surface area (TPSA) is 13.1 Å². The molecule has 1 nitrogen and oxygen atoms in total. The minimum Gasteiger partial charge on any atom is -0.456 e. The largest absolute Gasteiger partial charge is 0.456 e. The lowest BCUT2D eigenvalue weighted by Crippen LogP contribution is -2.22. The van der Waals surface area contributed by atoms with Crippen LogP contribution in [0, 0.1) is 13.8 Å². The van der Waals surface area contributed by atoms with Crippen LogP contribution in [0.25, 0.3) is 46.2 Å². The second-order valence-corrected chi connectivity index (χ2v) is 18.7. The summed E-state index contributed by atoms with van der Waals surface area (Å²) in [4.78, 5) is 0. The maximum absolute atomic E-state index is 6.50. The van der Waals surface area contributed by atoms with Gasteiger partial charge in [0.1, 0.15) is 11.2 Å². The Kier molecular flexibility index (Phi) is 10.6. The fourth-order valence-corrected chi connectivity index (χ4v) is 12.5. The predicted octanol–water partition coefficient (Wildman–Crippen LogP) is 12.1. The van der Waals surface area contributed by atoms with E-state index < -0.39 is 15.8 Å². The first-order valence-corrected chi connectivity index (χ1v) is 22.1. The molecule has 0 spiro atoms. The maximum atomic E-state index is 6.50. The fourth-order valence-electron chi connectivity index (χ4n) is 7.65. The Bertz CT molecular complexity index is 2580. The van der Waals surface area contributed by atoms with Crippen molar-refractivity contribution in [3.8, 4) is 0 Å². The van der Waals surface area contributed by atoms with E-state index in [1.807, 2.05) is 0 Å². The molecule has 0 aliphatic heterocycles. The van der Waals surface area contributed by atoms with Crippen LogP contribution in [0.1, 0.15) is 33.4 Å². The molecule has 9 aromatic rings. The summed E-state index contributed by atoms with van der Waals surface area (Å²) >= 11 is 0. The predicted molar refractivity (Wildman–Crippen MR) is 251 cm³/mol. The van der Waals surface area contributed by atoms with E-state index in [1.165, 1.54) is 65.2 Å². The molecule has 1 heterocycles. The zero-order valence-corrected chi connectivity index (χ0v) is 33.9. The van der Waals surface area contributed by atoms with E-state index in [-0.39, 0.29) is 0 Å². The minimum atomic E-state index is -0.728. The quantitative estimate of drug-likeness (QED) is 0.0998. The van der Waals surface area contributed by atoms with Crippen LogP contribution in [0.3, 0.4) is 0 Å². The molecule has 0 amide bonds. The molecule has 0 saturated heterocycles. The van der Waals surface area contributed by atoms with Crippen LogP contribution in [0.15, 0.2) is 199 Å². The van der Waals surface area contributed by atoms with Crippen LogP contribution in [0.5, 0.6) is 0 Å². The molecule has 0 aliphatic carbocycles. The second kappa shape index (κ2) is 16.6. The summed E-state index contributed by atoms with van der Waals surface area (Å²) in [5.74, 6) is 0. The summed E-state index contributed by atoms with van der Waals surface area (Å²) < 4.78 is 6.50. The first kappa shape index (κ1) is 36.5. The molecule has 0 atom stereocenters. The standard InChI is InChI=1S/C54H42OP2/c1-39-35-51-49(37-43(39)33-31-41-19-15-17-29-53(41)56(45-21-7-3-8-22-45)46-23-9-4-10-24-46)50-38-44(40(2)36-52(50)55-51)34-32-42-20-16-18-30-54(42)57(47-25-11-5-12-26-47)48-27-13-6-14-28-48/h3-38H,1-2H3/b33-31+,34-32+. The molecule has 0 N–H and O–H groups in total. The normalized spacial score (nSPS) is 11.9. The smallest absolute Gasteiger partial charge is 0.135 e. The summed E-state index contributed by atoms with van der Waals surface area (Å²) in [7, 11) is -1.46. The van der Waals surface area contributed by atoms with Crippen molar-refractivity contribution in [3.05, 3.63) is 228 Å². The molecular weight excluding hydrogens is 727 g/mol. The Morgan fingerprint density at radius 3 is 0.982 bits per heavy atom. The Morgan fingerprint density at radius 2 is 0.632 bits per heavy atom. The van der Waals surface area contributed by atoms with Crippen LogP contribution in [0.2, 0.25) is 0 Å².